The molecule has 0 amide bonds. The lowest BCUT2D eigenvalue weighted by atomic mass is 9.98. The highest BCUT2D eigenvalue weighted by Gasteiger charge is 2.19. The van der Waals surface area contributed by atoms with E-state index in [0.717, 1.165) is 35.8 Å². The van der Waals surface area contributed by atoms with Crippen LogP contribution in [0.2, 0.25) is 0 Å². The average Bonchev–Trinajstić information content (AvgIpc) is 3.17. The number of aromatic amines is 1. The standard InChI is InChI=1S/C27H26FNO3/c1-3-5-6-16-7-9-17(10-8-16)20-13-14-21-19(4-2)25(29-26(21)24(20)28)18-11-12-22(27(31)32)23(30)15-18/h7-15,29-30H,3-6H2,1-2H3,(H,31,32). The number of halogens is 1. The summed E-state index contributed by atoms with van der Waals surface area (Å²) in [5.74, 6) is -1.84. The Bertz CT molecular complexity index is 1290. The van der Waals surface area contributed by atoms with Crippen molar-refractivity contribution < 1.29 is 19.4 Å². The summed E-state index contributed by atoms with van der Waals surface area (Å²) in [6.07, 6.45) is 3.94. The van der Waals surface area contributed by atoms with Crippen LogP contribution >= 0.6 is 0 Å². The summed E-state index contributed by atoms with van der Waals surface area (Å²) in [5, 5.41) is 20.1. The minimum absolute atomic E-state index is 0.168. The van der Waals surface area contributed by atoms with Crippen molar-refractivity contribution in [2.75, 3.05) is 0 Å². The Hall–Kier alpha value is -3.60. The van der Waals surface area contributed by atoms with E-state index in [9.17, 15) is 9.90 Å². The van der Waals surface area contributed by atoms with E-state index >= 15 is 4.39 Å². The molecule has 0 unspecified atom stereocenters. The molecule has 0 aliphatic rings. The van der Waals surface area contributed by atoms with Crippen LogP contribution in [0.1, 0.15) is 48.2 Å². The molecule has 0 aliphatic carbocycles. The number of aromatic nitrogens is 1. The molecule has 3 aromatic carbocycles. The summed E-state index contributed by atoms with van der Waals surface area (Å²) in [6, 6.07) is 16.1. The van der Waals surface area contributed by atoms with E-state index in [1.165, 1.54) is 17.7 Å². The number of H-pyrrole nitrogens is 1. The van der Waals surface area contributed by atoms with Crippen LogP contribution in [0.25, 0.3) is 33.3 Å². The minimum Gasteiger partial charge on any atom is -0.507 e. The number of carboxylic acids is 1. The van der Waals surface area contributed by atoms with Gasteiger partial charge in [0.05, 0.1) is 5.52 Å². The van der Waals surface area contributed by atoms with Gasteiger partial charge in [0.2, 0.25) is 0 Å². The van der Waals surface area contributed by atoms with Crippen LogP contribution in [0.4, 0.5) is 4.39 Å². The number of fused-ring (bicyclic) bond motifs is 1. The third kappa shape index (κ3) is 3.86. The van der Waals surface area contributed by atoms with Gasteiger partial charge in [-0.3, -0.25) is 0 Å². The Morgan fingerprint density at radius 2 is 1.72 bits per heavy atom. The molecule has 0 bridgehead atoms. The maximum absolute atomic E-state index is 15.6. The van der Waals surface area contributed by atoms with Crippen molar-refractivity contribution in [2.24, 2.45) is 0 Å². The molecule has 164 valence electrons. The summed E-state index contributed by atoms with van der Waals surface area (Å²) in [5.41, 5.74) is 5.05. The zero-order valence-electron chi connectivity index (χ0n) is 18.2. The maximum atomic E-state index is 15.6. The van der Waals surface area contributed by atoms with Crippen LogP contribution in [0.15, 0.2) is 54.6 Å². The second kappa shape index (κ2) is 8.87. The van der Waals surface area contributed by atoms with Crippen LogP contribution in [0.5, 0.6) is 5.75 Å². The van der Waals surface area contributed by atoms with Gasteiger partial charge >= 0.3 is 5.97 Å². The smallest absolute Gasteiger partial charge is 0.339 e. The minimum atomic E-state index is -1.20. The van der Waals surface area contributed by atoms with Crippen LogP contribution in [-0.2, 0) is 12.8 Å². The number of hydrogen-bond acceptors (Lipinski definition) is 2. The summed E-state index contributed by atoms with van der Waals surface area (Å²) >= 11 is 0. The van der Waals surface area contributed by atoms with Crippen molar-refractivity contribution in [1.29, 1.82) is 0 Å². The Kier molecular flexibility index (Phi) is 5.99. The first-order valence-corrected chi connectivity index (χ1v) is 10.9. The third-order valence-electron chi connectivity index (χ3n) is 5.97. The second-order valence-corrected chi connectivity index (χ2v) is 8.02. The van der Waals surface area contributed by atoms with Gasteiger partial charge in [0.15, 0.2) is 5.82 Å². The fourth-order valence-electron chi connectivity index (χ4n) is 4.22. The summed E-state index contributed by atoms with van der Waals surface area (Å²) in [7, 11) is 0. The molecule has 1 heterocycles. The number of unbranched alkanes of at least 4 members (excludes halogenated alkanes) is 1. The van der Waals surface area contributed by atoms with E-state index in [1.54, 1.807) is 12.1 Å². The summed E-state index contributed by atoms with van der Waals surface area (Å²) in [4.78, 5) is 14.4. The van der Waals surface area contributed by atoms with Gasteiger partial charge in [0.25, 0.3) is 0 Å². The number of aryl methyl sites for hydroxylation is 2. The van der Waals surface area contributed by atoms with E-state index < -0.39 is 5.97 Å². The molecule has 4 aromatic rings. The lowest BCUT2D eigenvalue weighted by molar-refractivity contribution is 0.0693. The Morgan fingerprint density at radius 1 is 1.00 bits per heavy atom. The molecule has 3 N–H and O–H groups in total. The molecule has 0 aliphatic heterocycles. The van der Waals surface area contributed by atoms with Gasteiger partial charge in [0, 0.05) is 22.2 Å². The number of aromatic hydroxyl groups is 1. The first kappa shape index (κ1) is 21.6. The fraction of sp³-hybridized carbons (Fsp3) is 0.222. The van der Waals surface area contributed by atoms with Crippen LogP contribution < -0.4 is 0 Å². The number of carboxylic acid groups (broad SMARTS) is 1. The second-order valence-electron chi connectivity index (χ2n) is 8.02. The van der Waals surface area contributed by atoms with Gasteiger partial charge in [-0.2, -0.15) is 0 Å². The molecule has 1 aromatic heterocycles. The number of rotatable bonds is 7. The Labute approximate surface area is 186 Å². The first-order chi connectivity index (χ1) is 15.4. The molecular formula is C27H26FNO3. The van der Waals surface area contributed by atoms with E-state index in [4.69, 9.17) is 5.11 Å². The molecule has 0 radical (unpaired) electrons. The largest absolute Gasteiger partial charge is 0.507 e. The highest BCUT2D eigenvalue weighted by atomic mass is 19.1. The molecule has 0 saturated carbocycles. The van der Waals surface area contributed by atoms with E-state index in [1.807, 2.05) is 25.1 Å². The highest BCUT2D eigenvalue weighted by Crippen LogP contribution is 2.37. The van der Waals surface area contributed by atoms with E-state index in [-0.39, 0.29) is 17.1 Å². The predicted octanol–water partition coefficient (Wildman–Crippen LogP) is 6.95. The van der Waals surface area contributed by atoms with Gasteiger partial charge in [-0.1, -0.05) is 62.7 Å². The predicted molar refractivity (Wildman–Crippen MR) is 126 cm³/mol. The number of aromatic carboxylic acids is 1. The van der Waals surface area contributed by atoms with Crippen molar-refractivity contribution in [3.05, 3.63) is 77.1 Å². The molecule has 0 atom stereocenters. The lowest BCUT2D eigenvalue weighted by Crippen LogP contribution is -1.96. The molecular weight excluding hydrogens is 405 g/mol. The van der Waals surface area contributed by atoms with Gasteiger partial charge in [-0.05, 0) is 48.1 Å². The molecule has 5 heteroatoms. The van der Waals surface area contributed by atoms with Crippen molar-refractivity contribution in [1.82, 2.24) is 4.98 Å². The lowest BCUT2D eigenvalue weighted by Gasteiger charge is -2.07. The normalized spacial score (nSPS) is 11.2. The number of benzene rings is 3. The van der Waals surface area contributed by atoms with Gasteiger partial charge in [-0.15, -0.1) is 0 Å². The summed E-state index contributed by atoms with van der Waals surface area (Å²) < 4.78 is 15.6. The van der Waals surface area contributed by atoms with Gasteiger partial charge < -0.3 is 15.2 Å². The topological polar surface area (TPSA) is 73.3 Å². The van der Waals surface area contributed by atoms with Crippen LogP contribution in [0.3, 0.4) is 0 Å². The third-order valence-corrected chi connectivity index (χ3v) is 5.97. The Balaban J connectivity index is 1.79. The van der Waals surface area contributed by atoms with Crippen molar-refractivity contribution in [2.45, 2.75) is 39.5 Å². The molecule has 32 heavy (non-hydrogen) atoms. The number of hydrogen-bond donors (Lipinski definition) is 3. The Morgan fingerprint density at radius 3 is 2.34 bits per heavy atom. The SMILES string of the molecule is CCCCc1ccc(-c2ccc3c(CC)c(-c4ccc(C(=O)O)c(O)c4)[nH]c3c2F)cc1. The van der Waals surface area contributed by atoms with Crippen molar-refractivity contribution >= 4 is 16.9 Å². The van der Waals surface area contributed by atoms with Gasteiger partial charge in [0.1, 0.15) is 11.3 Å². The molecule has 0 saturated heterocycles. The summed E-state index contributed by atoms with van der Waals surface area (Å²) in [6.45, 7) is 4.15. The van der Waals surface area contributed by atoms with Crippen molar-refractivity contribution in [3.63, 3.8) is 0 Å². The molecule has 0 fully saturated rings. The monoisotopic (exact) mass is 431 g/mol. The fourth-order valence-corrected chi connectivity index (χ4v) is 4.22. The zero-order chi connectivity index (χ0) is 22.8. The number of nitrogens with one attached hydrogen (secondary N) is 1. The first-order valence-electron chi connectivity index (χ1n) is 10.9. The number of phenols is 1. The highest BCUT2D eigenvalue weighted by molar-refractivity contribution is 5.95. The molecule has 4 nitrogen and oxygen atoms in total. The van der Waals surface area contributed by atoms with Crippen molar-refractivity contribution in [3.8, 4) is 28.1 Å². The van der Waals surface area contributed by atoms with E-state index in [0.29, 0.717) is 28.8 Å². The molecule has 0 spiro atoms. The van der Waals surface area contributed by atoms with Crippen LogP contribution in [-0.4, -0.2) is 21.2 Å². The zero-order valence-corrected chi connectivity index (χ0v) is 18.2. The number of carbonyl (C=O) groups is 1. The van der Waals surface area contributed by atoms with Crippen LogP contribution in [0, 0.1) is 5.82 Å². The average molecular weight is 432 g/mol. The quantitative estimate of drug-likeness (QED) is 0.296. The van der Waals surface area contributed by atoms with Gasteiger partial charge in [-0.25, -0.2) is 9.18 Å². The van der Waals surface area contributed by atoms with E-state index in [2.05, 4.69) is 24.0 Å². The molecule has 4 rings (SSSR count). The maximum Gasteiger partial charge on any atom is 0.339 e.